The van der Waals surface area contributed by atoms with Crippen molar-refractivity contribution in [3.8, 4) is 0 Å². The van der Waals surface area contributed by atoms with Gasteiger partial charge < -0.3 is 9.84 Å². The molecule has 1 heterocycles. The van der Waals surface area contributed by atoms with Crippen molar-refractivity contribution in [2.75, 3.05) is 6.61 Å². The zero-order valence-corrected chi connectivity index (χ0v) is 6.66. The van der Waals surface area contributed by atoms with Crippen molar-refractivity contribution >= 4 is 0 Å². The van der Waals surface area contributed by atoms with Gasteiger partial charge in [-0.05, 0) is 18.9 Å². The van der Waals surface area contributed by atoms with Crippen LogP contribution >= 0.6 is 0 Å². The van der Waals surface area contributed by atoms with Crippen LogP contribution in [0.4, 0.5) is 4.39 Å². The smallest absolute Gasteiger partial charge is 0.122 e. The molecule has 1 fully saturated rings. The molecular formula is C9H11FO2. The topological polar surface area (TPSA) is 29.5 Å². The molecule has 0 spiro atoms. The standard InChI is InChI=1S/C9H11FO2/c10-7-2-1-6-3-8(5-11)12-9(6)4-7/h2,4,6,8,11H,1,3,5H2. The average Bonchev–Trinajstić information content (AvgIpc) is 2.46. The molecule has 2 atom stereocenters. The lowest BCUT2D eigenvalue weighted by Crippen LogP contribution is -2.09. The Kier molecular flexibility index (Phi) is 1.89. The zero-order chi connectivity index (χ0) is 8.55. The zero-order valence-electron chi connectivity index (χ0n) is 6.66. The van der Waals surface area contributed by atoms with Crippen molar-refractivity contribution in [2.24, 2.45) is 5.92 Å². The third kappa shape index (κ3) is 1.25. The van der Waals surface area contributed by atoms with E-state index in [4.69, 9.17) is 9.84 Å². The van der Waals surface area contributed by atoms with Crippen LogP contribution in [-0.2, 0) is 4.74 Å². The van der Waals surface area contributed by atoms with Crippen molar-refractivity contribution in [3.05, 3.63) is 23.7 Å². The van der Waals surface area contributed by atoms with E-state index in [2.05, 4.69) is 0 Å². The van der Waals surface area contributed by atoms with Crippen LogP contribution in [-0.4, -0.2) is 17.8 Å². The van der Waals surface area contributed by atoms with Gasteiger partial charge in [0.15, 0.2) is 0 Å². The summed E-state index contributed by atoms with van der Waals surface area (Å²) < 4.78 is 18.0. The number of fused-ring (bicyclic) bond motifs is 1. The molecule has 0 radical (unpaired) electrons. The fourth-order valence-electron chi connectivity index (χ4n) is 1.70. The van der Waals surface area contributed by atoms with Gasteiger partial charge in [0.25, 0.3) is 0 Å². The number of aliphatic hydroxyl groups is 1. The summed E-state index contributed by atoms with van der Waals surface area (Å²) in [6.07, 6.45) is 4.38. The van der Waals surface area contributed by atoms with E-state index in [1.165, 1.54) is 6.08 Å². The highest BCUT2D eigenvalue weighted by atomic mass is 19.1. The van der Waals surface area contributed by atoms with Crippen molar-refractivity contribution < 1.29 is 14.2 Å². The summed E-state index contributed by atoms with van der Waals surface area (Å²) in [5, 5.41) is 8.82. The minimum atomic E-state index is -0.222. The van der Waals surface area contributed by atoms with Crippen LogP contribution in [0.1, 0.15) is 12.8 Å². The highest BCUT2D eigenvalue weighted by Gasteiger charge is 2.31. The normalized spacial score (nSPS) is 33.5. The van der Waals surface area contributed by atoms with Gasteiger partial charge in [0, 0.05) is 12.0 Å². The molecule has 1 aliphatic heterocycles. The van der Waals surface area contributed by atoms with Gasteiger partial charge in [0.05, 0.1) is 6.61 Å². The van der Waals surface area contributed by atoms with E-state index in [-0.39, 0.29) is 18.5 Å². The predicted molar refractivity (Wildman–Crippen MR) is 42.0 cm³/mol. The molecule has 0 bridgehead atoms. The van der Waals surface area contributed by atoms with Gasteiger partial charge in [-0.3, -0.25) is 0 Å². The number of rotatable bonds is 1. The second-order valence-electron chi connectivity index (χ2n) is 3.23. The van der Waals surface area contributed by atoms with E-state index in [9.17, 15) is 4.39 Å². The van der Waals surface area contributed by atoms with Crippen molar-refractivity contribution in [1.82, 2.24) is 0 Å². The van der Waals surface area contributed by atoms with Gasteiger partial charge in [-0.2, -0.15) is 0 Å². The van der Waals surface area contributed by atoms with Crippen molar-refractivity contribution in [1.29, 1.82) is 0 Å². The molecule has 0 aromatic heterocycles. The van der Waals surface area contributed by atoms with Gasteiger partial charge >= 0.3 is 0 Å². The third-order valence-corrected chi connectivity index (χ3v) is 2.33. The molecule has 2 aliphatic rings. The summed E-state index contributed by atoms with van der Waals surface area (Å²) >= 11 is 0. The Morgan fingerprint density at radius 1 is 1.67 bits per heavy atom. The number of aliphatic hydroxyl groups excluding tert-OH is 1. The Balaban J connectivity index is 2.12. The van der Waals surface area contributed by atoms with Crippen LogP contribution < -0.4 is 0 Å². The first kappa shape index (κ1) is 7.80. The second-order valence-corrected chi connectivity index (χ2v) is 3.23. The van der Waals surface area contributed by atoms with Gasteiger partial charge in [0.1, 0.15) is 17.7 Å². The Morgan fingerprint density at radius 2 is 2.50 bits per heavy atom. The number of allylic oxidation sites excluding steroid dienone is 4. The van der Waals surface area contributed by atoms with Crippen LogP contribution in [0.5, 0.6) is 0 Å². The predicted octanol–water partition coefficient (Wildman–Crippen LogP) is 1.52. The number of hydrogen-bond donors (Lipinski definition) is 1. The first-order valence-corrected chi connectivity index (χ1v) is 4.14. The van der Waals surface area contributed by atoms with E-state index < -0.39 is 0 Å². The van der Waals surface area contributed by atoms with E-state index >= 15 is 0 Å². The fraction of sp³-hybridized carbons (Fsp3) is 0.556. The van der Waals surface area contributed by atoms with Crippen molar-refractivity contribution in [2.45, 2.75) is 18.9 Å². The molecule has 0 aromatic carbocycles. The molecule has 3 heteroatoms. The van der Waals surface area contributed by atoms with E-state index in [0.717, 1.165) is 6.42 Å². The quantitative estimate of drug-likeness (QED) is 0.646. The highest BCUT2D eigenvalue weighted by molar-refractivity contribution is 5.23. The summed E-state index contributed by atoms with van der Waals surface area (Å²) in [6, 6.07) is 0. The molecule has 0 amide bonds. The summed E-state index contributed by atoms with van der Waals surface area (Å²) in [5.41, 5.74) is 0. The van der Waals surface area contributed by atoms with Gasteiger partial charge in [-0.15, -0.1) is 0 Å². The molecule has 0 aromatic rings. The number of hydrogen-bond acceptors (Lipinski definition) is 2. The van der Waals surface area contributed by atoms with Crippen LogP contribution in [0.25, 0.3) is 0 Å². The minimum absolute atomic E-state index is 0.0233. The van der Waals surface area contributed by atoms with Crippen LogP contribution in [0.3, 0.4) is 0 Å². The molecule has 1 aliphatic carbocycles. The SMILES string of the molecule is OCC1CC2CC=C(F)C=C2O1. The fourth-order valence-corrected chi connectivity index (χ4v) is 1.70. The molecule has 1 saturated heterocycles. The molecule has 2 unspecified atom stereocenters. The van der Waals surface area contributed by atoms with Crippen LogP contribution in [0.2, 0.25) is 0 Å². The highest BCUT2D eigenvalue weighted by Crippen LogP contribution is 2.36. The monoisotopic (exact) mass is 170 g/mol. The summed E-state index contributed by atoms with van der Waals surface area (Å²) in [4.78, 5) is 0. The van der Waals surface area contributed by atoms with Gasteiger partial charge in [-0.25, -0.2) is 4.39 Å². The Hall–Kier alpha value is -0.830. The maximum atomic E-state index is 12.7. The van der Waals surface area contributed by atoms with Crippen LogP contribution in [0.15, 0.2) is 23.7 Å². The first-order chi connectivity index (χ1) is 5.79. The maximum absolute atomic E-state index is 12.7. The van der Waals surface area contributed by atoms with Crippen LogP contribution in [0, 0.1) is 5.92 Å². The van der Waals surface area contributed by atoms with E-state index in [1.807, 2.05) is 0 Å². The van der Waals surface area contributed by atoms with E-state index in [0.29, 0.717) is 18.1 Å². The lowest BCUT2D eigenvalue weighted by Gasteiger charge is -2.10. The van der Waals surface area contributed by atoms with E-state index in [1.54, 1.807) is 6.08 Å². The molecular weight excluding hydrogens is 159 g/mol. The maximum Gasteiger partial charge on any atom is 0.122 e. The molecule has 2 rings (SSSR count). The second kappa shape index (κ2) is 2.90. The molecule has 66 valence electrons. The Labute approximate surface area is 70.3 Å². The number of ether oxygens (including phenoxy) is 1. The average molecular weight is 170 g/mol. The Bertz CT molecular complexity index is 245. The lowest BCUT2D eigenvalue weighted by molar-refractivity contribution is 0.0910. The molecule has 0 saturated carbocycles. The van der Waals surface area contributed by atoms with Gasteiger partial charge in [-0.1, -0.05) is 0 Å². The summed E-state index contributed by atoms with van der Waals surface area (Å²) in [5.74, 6) is 0.774. The minimum Gasteiger partial charge on any atom is -0.492 e. The third-order valence-electron chi connectivity index (χ3n) is 2.33. The Morgan fingerprint density at radius 3 is 3.25 bits per heavy atom. The van der Waals surface area contributed by atoms with Crippen molar-refractivity contribution in [3.63, 3.8) is 0 Å². The molecule has 12 heavy (non-hydrogen) atoms. The largest absolute Gasteiger partial charge is 0.492 e. The molecule has 1 N–H and O–H groups in total. The lowest BCUT2D eigenvalue weighted by atomic mass is 9.95. The van der Waals surface area contributed by atoms with Gasteiger partial charge in [0.2, 0.25) is 0 Å². The summed E-state index contributed by atoms with van der Waals surface area (Å²) in [6.45, 7) is 0.0233. The summed E-state index contributed by atoms with van der Waals surface area (Å²) in [7, 11) is 0. The number of halogens is 1. The molecule has 2 nitrogen and oxygen atoms in total. The first-order valence-electron chi connectivity index (χ1n) is 4.14.